The van der Waals surface area contributed by atoms with Gasteiger partial charge in [-0.25, -0.2) is 0 Å². The molecule has 0 heterocycles. The maximum absolute atomic E-state index is 5.82. The smallest absolute Gasteiger partial charge is 0.0617 e. The van der Waals surface area contributed by atoms with Gasteiger partial charge in [0, 0.05) is 5.69 Å². The highest BCUT2D eigenvalue weighted by Gasteiger charge is 1.97. The number of hydrogen-bond donors (Lipinski definition) is 2. The third kappa shape index (κ3) is 2.29. The van der Waals surface area contributed by atoms with Crippen molar-refractivity contribution in [2.75, 3.05) is 11.1 Å². The Kier molecular flexibility index (Phi) is 2.59. The van der Waals surface area contributed by atoms with Gasteiger partial charge in [-0.2, -0.15) is 0 Å². The van der Waals surface area contributed by atoms with Crippen molar-refractivity contribution in [2.45, 2.75) is 0 Å². The van der Waals surface area contributed by atoms with Gasteiger partial charge in [0.25, 0.3) is 0 Å². The lowest BCUT2D eigenvalue weighted by Crippen LogP contribution is -1.95. The lowest BCUT2D eigenvalue weighted by molar-refractivity contribution is 1.53. The Balaban J connectivity index is 2.22. The van der Waals surface area contributed by atoms with Crippen molar-refractivity contribution in [1.29, 1.82) is 0 Å². The third-order valence-electron chi connectivity index (χ3n) is 2.19. The van der Waals surface area contributed by atoms with Gasteiger partial charge in [-0.1, -0.05) is 24.3 Å². The van der Waals surface area contributed by atoms with Gasteiger partial charge in [-0.3, -0.25) is 0 Å². The first-order valence-corrected chi connectivity index (χ1v) is 4.79. The summed E-state index contributed by atoms with van der Waals surface area (Å²) in [7, 11) is 0. The van der Waals surface area contributed by atoms with E-state index >= 15 is 0 Å². The molecule has 0 aliphatic carbocycles. The predicted molar refractivity (Wildman–Crippen MR) is 65.0 cm³/mol. The molecule has 2 nitrogen and oxygen atoms in total. The summed E-state index contributed by atoms with van der Waals surface area (Å²) >= 11 is 0. The van der Waals surface area contributed by atoms with Crippen molar-refractivity contribution in [3.8, 4) is 0 Å². The molecule has 0 atom stereocenters. The van der Waals surface area contributed by atoms with Gasteiger partial charge < -0.3 is 11.1 Å². The van der Waals surface area contributed by atoms with Crippen LogP contribution in [-0.4, -0.2) is 0 Å². The van der Waals surface area contributed by atoms with Gasteiger partial charge in [0.2, 0.25) is 0 Å². The van der Waals surface area contributed by atoms with E-state index in [1.807, 2.05) is 48.5 Å². The highest BCUT2D eigenvalue weighted by molar-refractivity contribution is 5.72. The van der Waals surface area contributed by atoms with Crippen LogP contribution in [0.15, 0.2) is 48.5 Å². The Labute approximate surface area is 89.7 Å². The van der Waals surface area contributed by atoms with E-state index in [2.05, 4.69) is 12.2 Å². The molecular formula is C13H13N2. The Hall–Kier alpha value is -1.96. The lowest BCUT2D eigenvalue weighted by Gasteiger charge is -2.08. The van der Waals surface area contributed by atoms with Crippen LogP contribution in [0.4, 0.5) is 17.1 Å². The average Bonchev–Trinajstić information content (AvgIpc) is 2.25. The van der Waals surface area contributed by atoms with Gasteiger partial charge >= 0.3 is 0 Å². The summed E-state index contributed by atoms with van der Waals surface area (Å²) in [5.74, 6) is 0. The summed E-state index contributed by atoms with van der Waals surface area (Å²) in [4.78, 5) is 0. The maximum atomic E-state index is 5.82. The second-order valence-corrected chi connectivity index (χ2v) is 3.41. The van der Waals surface area contributed by atoms with Crippen LogP contribution in [0, 0.1) is 6.92 Å². The van der Waals surface area contributed by atoms with Gasteiger partial charge in [-0.15, -0.1) is 0 Å². The number of nitrogens with two attached hydrogens (primary N) is 1. The molecular weight excluding hydrogens is 184 g/mol. The van der Waals surface area contributed by atoms with Crippen LogP contribution in [-0.2, 0) is 0 Å². The highest BCUT2D eigenvalue weighted by Crippen LogP contribution is 2.22. The Morgan fingerprint density at radius 1 is 0.933 bits per heavy atom. The molecule has 0 aromatic heterocycles. The quantitative estimate of drug-likeness (QED) is 0.725. The van der Waals surface area contributed by atoms with Crippen LogP contribution >= 0.6 is 0 Å². The summed E-state index contributed by atoms with van der Waals surface area (Å²) in [5, 5.41) is 3.25. The van der Waals surface area contributed by atoms with Crippen molar-refractivity contribution in [1.82, 2.24) is 0 Å². The number of benzene rings is 2. The molecule has 2 heteroatoms. The fraction of sp³-hybridized carbons (Fsp3) is 0. The number of nitrogens with one attached hydrogen (secondary N) is 1. The van der Waals surface area contributed by atoms with Gasteiger partial charge in [-0.05, 0) is 36.8 Å². The molecule has 2 aromatic carbocycles. The molecule has 2 rings (SSSR count). The number of hydrogen-bond acceptors (Lipinski definition) is 2. The zero-order valence-corrected chi connectivity index (χ0v) is 8.40. The van der Waals surface area contributed by atoms with Crippen molar-refractivity contribution in [3.05, 3.63) is 61.0 Å². The normalized spacial score (nSPS) is 9.93. The van der Waals surface area contributed by atoms with Crippen LogP contribution in [0.25, 0.3) is 0 Å². The van der Waals surface area contributed by atoms with Crippen molar-refractivity contribution >= 4 is 17.1 Å². The summed E-state index contributed by atoms with van der Waals surface area (Å²) in [6.45, 7) is 3.83. The monoisotopic (exact) mass is 197 g/mol. The molecule has 0 amide bonds. The summed E-state index contributed by atoms with van der Waals surface area (Å²) in [5.41, 5.74) is 9.51. The minimum absolute atomic E-state index is 0.746. The molecule has 75 valence electrons. The minimum Gasteiger partial charge on any atom is -0.397 e. The minimum atomic E-state index is 0.746. The second-order valence-electron chi connectivity index (χ2n) is 3.41. The average molecular weight is 197 g/mol. The van der Waals surface area contributed by atoms with E-state index in [1.54, 1.807) is 0 Å². The third-order valence-corrected chi connectivity index (χ3v) is 2.19. The fourth-order valence-electron chi connectivity index (χ4n) is 1.35. The zero-order chi connectivity index (χ0) is 10.7. The molecule has 3 N–H and O–H groups in total. The standard InChI is InChI=1S/C13H13N2/c1-10-6-8-11(9-7-10)15-13-5-3-2-4-12(13)14/h2-9,15H,1,14H2. The van der Waals surface area contributed by atoms with Crippen molar-refractivity contribution in [2.24, 2.45) is 0 Å². The topological polar surface area (TPSA) is 38.0 Å². The Morgan fingerprint density at radius 2 is 1.60 bits per heavy atom. The Morgan fingerprint density at radius 3 is 2.27 bits per heavy atom. The second kappa shape index (κ2) is 4.05. The van der Waals surface area contributed by atoms with E-state index in [1.165, 1.54) is 0 Å². The van der Waals surface area contributed by atoms with E-state index in [-0.39, 0.29) is 0 Å². The molecule has 0 saturated heterocycles. The lowest BCUT2D eigenvalue weighted by atomic mass is 10.2. The largest absolute Gasteiger partial charge is 0.397 e. The summed E-state index contributed by atoms with van der Waals surface area (Å²) in [6, 6.07) is 15.6. The van der Waals surface area contributed by atoms with Crippen molar-refractivity contribution in [3.63, 3.8) is 0 Å². The molecule has 2 aromatic rings. The van der Waals surface area contributed by atoms with Crippen LogP contribution in [0.5, 0.6) is 0 Å². The van der Waals surface area contributed by atoms with Crippen LogP contribution < -0.4 is 11.1 Å². The van der Waals surface area contributed by atoms with Crippen LogP contribution in [0.2, 0.25) is 0 Å². The first-order valence-electron chi connectivity index (χ1n) is 4.79. The van der Waals surface area contributed by atoms with E-state index in [0.29, 0.717) is 0 Å². The molecule has 0 spiro atoms. The van der Waals surface area contributed by atoms with E-state index in [0.717, 1.165) is 22.6 Å². The number of nitrogen functional groups attached to an aromatic ring is 1. The number of anilines is 3. The number of rotatable bonds is 2. The van der Waals surface area contributed by atoms with Gasteiger partial charge in [0.05, 0.1) is 11.4 Å². The van der Waals surface area contributed by atoms with Crippen LogP contribution in [0.3, 0.4) is 0 Å². The molecule has 0 bridgehead atoms. The molecule has 0 fully saturated rings. The summed E-state index contributed by atoms with van der Waals surface area (Å²) in [6.07, 6.45) is 0. The molecule has 0 saturated carbocycles. The fourth-order valence-corrected chi connectivity index (χ4v) is 1.35. The highest BCUT2D eigenvalue weighted by atomic mass is 14.9. The Bertz CT molecular complexity index is 446. The maximum Gasteiger partial charge on any atom is 0.0617 e. The molecule has 0 unspecified atom stereocenters. The van der Waals surface area contributed by atoms with Crippen LogP contribution in [0.1, 0.15) is 5.56 Å². The SMILES string of the molecule is [CH2]c1ccc(Nc2ccccc2N)cc1. The van der Waals surface area contributed by atoms with E-state index in [4.69, 9.17) is 5.73 Å². The van der Waals surface area contributed by atoms with Crippen molar-refractivity contribution < 1.29 is 0 Å². The first-order chi connectivity index (χ1) is 7.25. The number of para-hydroxylation sites is 2. The first kappa shape index (κ1) is 9.59. The van der Waals surface area contributed by atoms with Gasteiger partial charge in [0.1, 0.15) is 0 Å². The van der Waals surface area contributed by atoms with E-state index in [9.17, 15) is 0 Å². The zero-order valence-electron chi connectivity index (χ0n) is 8.40. The summed E-state index contributed by atoms with van der Waals surface area (Å²) < 4.78 is 0. The molecule has 1 radical (unpaired) electrons. The van der Waals surface area contributed by atoms with Gasteiger partial charge in [0.15, 0.2) is 0 Å². The molecule has 15 heavy (non-hydrogen) atoms. The predicted octanol–water partition coefficient (Wildman–Crippen LogP) is 3.19. The van der Waals surface area contributed by atoms with E-state index < -0.39 is 0 Å². The molecule has 0 aliphatic heterocycles. The molecule has 0 aliphatic rings.